The van der Waals surface area contributed by atoms with Gasteiger partial charge in [-0.1, -0.05) is 12.1 Å². The molecule has 0 aliphatic heterocycles. The number of methoxy groups -OCH3 is 1. The lowest BCUT2D eigenvalue weighted by molar-refractivity contribution is -0.152. The molecule has 1 aromatic rings. The summed E-state index contributed by atoms with van der Waals surface area (Å²) in [6.07, 6.45) is 0. The van der Waals surface area contributed by atoms with Crippen molar-refractivity contribution in [3.63, 3.8) is 0 Å². The van der Waals surface area contributed by atoms with Crippen LogP contribution in [0, 0.1) is 5.41 Å². The zero-order valence-corrected chi connectivity index (χ0v) is 10.4. The molecular formula is C13H18O4. The zero-order chi connectivity index (χ0) is 12.9. The first-order chi connectivity index (χ1) is 7.99. The third-order valence-electron chi connectivity index (χ3n) is 2.44. The molecule has 0 aliphatic rings. The normalized spacial score (nSPS) is 11.1. The molecule has 0 spiro atoms. The number of ether oxygens (including phenoxy) is 2. The van der Waals surface area contributed by atoms with Gasteiger partial charge in [0.15, 0.2) is 0 Å². The monoisotopic (exact) mass is 238 g/mol. The lowest BCUT2D eigenvalue weighted by Gasteiger charge is -2.21. The smallest absolute Gasteiger partial charge is 0.314 e. The van der Waals surface area contributed by atoms with Gasteiger partial charge in [-0.15, -0.1) is 0 Å². The van der Waals surface area contributed by atoms with Crippen LogP contribution in [-0.4, -0.2) is 24.8 Å². The van der Waals surface area contributed by atoms with E-state index in [1.165, 1.54) is 7.11 Å². The van der Waals surface area contributed by atoms with E-state index < -0.39 is 5.41 Å². The Balaban J connectivity index is 2.57. The number of carbonyl (C=O) groups is 1. The summed E-state index contributed by atoms with van der Waals surface area (Å²) in [4.78, 5) is 11.4. The zero-order valence-electron chi connectivity index (χ0n) is 10.4. The van der Waals surface area contributed by atoms with E-state index in [0.717, 1.165) is 5.56 Å². The Morgan fingerprint density at radius 2 is 1.88 bits per heavy atom. The molecule has 0 unspecified atom stereocenters. The number of esters is 1. The highest BCUT2D eigenvalue weighted by Crippen LogP contribution is 2.20. The van der Waals surface area contributed by atoms with E-state index in [1.807, 2.05) is 0 Å². The predicted octanol–water partition coefficient (Wildman–Crippen LogP) is 1.76. The van der Waals surface area contributed by atoms with Crippen molar-refractivity contribution >= 4 is 5.97 Å². The number of aliphatic hydroxyl groups is 1. The van der Waals surface area contributed by atoms with E-state index in [-0.39, 0.29) is 19.2 Å². The Morgan fingerprint density at radius 3 is 2.35 bits per heavy atom. The maximum absolute atomic E-state index is 11.4. The minimum absolute atomic E-state index is 0.00787. The van der Waals surface area contributed by atoms with Crippen LogP contribution in [0.2, 0.25) is 0 Å². The van der Waals surface area contributed by atoms with Crippen molar-refractivity contribution in [1.82, 2.24) is 0 Å². The fourth-order valence-electron chi connectivity index (χ4n) is 1.29. The summed E-state index contributed by atoms with van der Waals surface area (Å²) in [5, 5.41) is 8.89. The SMILES string of the molecule is COC(=O)C(C)(C)COc1ccc(CO)cc1. The maximum Gasteiger partial charge on any atom is 0.314 e. The summed E-state index contributed by atoms with van der Waals surface area (Å²) < 4.78 is 10.2. The van der Waals surface area contributed by atoms with E-state index in [2.05, 4.69) is 4.74 Å². The van der Waals surface area contributed by atoms with Gasteiger partial charge >= 0.3 is 5.97 Å². The highest BCUT2D eigenvalue weighted by Gasteiger charge is 2.29. The number of carbonyl (C=O) groups excluding carboxylic acids is 1. The van der Waals surface area contributed by atoms with Crippen LogP contribution in [-0.2, 0) is 16.1 Å². The number of hydrogen-bond donors (Lipinski definition) is 1. The highest BCUT2D eigenvalue weighted by molar-refractivity contribution is 5.75. The molecular weight excluding hydrogens is 220 g/mol. The maximum atomic E-state index is 11.4. The Kier molecular flexibility index (Phi) is 4.52. The lowest BCUT2D eigenvalue weighted by atomic mass is 9.95. The van der Waals surface area contributed by atoms with Gasteiger partial charge in [0.05, 0.1) is 19.1 Å². The Hall–Kier alpha value is -1.55. The highest BCUT2D eigenvalue weighted by atomic mass is 16.5. The van der Waals surface area contributed by atoms with Crippen LogP contribution in [0.25, 0.3) is 0 Å². The molecule has 4 heteroatoms. The van der Waals surface area contributed by atoms with E-state index in [1.54, 1.807) is 38.1 Å². The fourth-order valence-corrected chi connectivity index (χ4v) is 1.29. The third kappa shape index (κ3) is 3.75. The molecule has 0 saturated heterocycles. The van der Waals surface area contributed by atoms with Crippen molar-refractivity contribution in [2.75, 3.05) is 13.7 Å². The van der Waals surface area contributed by atoms with Crippen molar-refractivity contribution in [1.29, 1.82) is 0 Å². The van der Waals surface area contributed by atoms with Gasteiger partial charge in [0.25, 0.3) is 0 Å². The first-order valence-electron chi connectivity index (χ1n) is 5.40. The summed E-state index contributed by atoms with van der Waals surface area (Å²) in [6, 6.07) is 7.08. The number of hydrogen-bond acceptors (Lipinski definition) is 4. The predicted molar refractivity (Wildman–Crippen MR) is 63.7 cm³/mol. The molecule has 1 N–H and O–H groups in total. The lowest BCUT2D eigenvalue weighted by Crippen LogP contribution is -2.32. The van der Waals surface area contributed by atoms with Gasteiger partial charge in [-0.3, -0.25) is 4.79 Å². The summed E-state index contributed by atoms with van der Waals surface area (Å²) in [6.45, 7) is 3.79. The van der Waals surface area contributed by atoms with E-state index in [4.69, 9.17) is 9.84 Å². The fraction of sp³-hybridized carbons (Fsp3) is 0.462. The number of rotatable bonds is 5. The minimum atomic E-state index is -0.676. The van der Waals surface area contributed by atoms with Gasteiger partial charge in [-0.25, -0.2) is 0 Å². The molecule has 0 bridgehead atoms. The first kappa shape index (κ1) is 13.5. The molecule has 0 aromatic heterocycles. The van der Waals surface area contributed by atoms with Gasteiger partial charge in [-0.05, 0) is 31.5 Å². The van der Waals surface area contributed by atoms with Gasteiger partial charge in [0.1, 0.15) is 12.4 Å². The number of benzene rings is 1. The van der Waals surface area contributed by atoms with Crippen molar-refractivity contribution in [2.45, 2.75) is 20.5 Å². The average molecular weight is 238 g/mol. The molecule has 0 fully saturated rings. The van der Waals surface area contributed by atoms with Crippen LogP contribution < -0.4 is 4.74 Å². The summed E-state index contributed by atoms with van der Waals surface area (Å²) in [5.74, 6) is 0.364. The van der Waals surface area contributed by atoms with Crippen LogP contribution in [0.3, 0.4) is 0 Å². The molecule has 1 rings (SSSR count). The number of aliphatic hydroxyl groups excluding tert-OH is 1. The van der Waals surface area contributed by atoms with Crippen molar-refractivity contribution in [3.05, 3.63) is 29.8 Å². The van der Waals surface area contributed by atoms with E-state index in [9.17, 15) is 4.79 Å². The molecule has 94 valence electrons. The second-order valence-corrected chi connectivity index (χ2v) is 4.47. The summed E-state index contributed by atoms with van der Waals surface area (Å²) in [5.41, 5.74) is 0.147. The Morgan fingerprint density at radius 1 is 1.29 bits per heavy atom. The van der Waals surface area contributed by atoms with Crippen LogP contribution in [0.15, 0.2) is 24.3 Å². The minimum Gasteiger partial charge on any atom is -0.492 e. The van der Waals surface area contributed by atoms with Crippen LogP contribution >= 0.6 is 0 Å². The molecule has 17 heavy (non-hydrogen) atoms. The molecule has 0 saturated carbocycles. The van der Waals surface area contributed by atoms with Crippen LogP contribution in [0.5, 0.6) is 5.75 Å². The van der Waals surface area contributed by atoms with Crippen LogP contribution in [0.4, 0.5) is 0 Å². The van der Waals surface area contributed by atoms with Gasteiger partial charge in [0.2, 0.25) is 0 Å². The average Bonchev–Trinajstić information content (AvgIpc) is 2.36. The second kappa shape index (κ2) is 5.68. The van der Waals surface area contributed by atoms with Crippen molar-refractivity contribution in [2.24, 2.45) is 5.41 Å². The molecule has 0 radical (unpaired) electrons. The van der Waals surface area contributed by atoms with Crippen molar-refractivity contribution < 1.29 is 19.4 Å². The second-order valence-electron chi connectivity index (χ2n) is 4.47. The van der Waals surface area contributed by atoms with Crippen LogP contribution in [0.1, 0.15) is 19.4 Å². The summed E-state index contributed by atoms with van der Waals surface area (Å²) >= 11 is 0. The molecule has 0 amide bonds. The van der Waals surface area contributed by atoms with E-state index in [0.29, 0.717) is 5.75 Å². The Labute approximate surface area is 101 Å². The summed E-state index contributed by atoms with van der Waals surface area (Å²) in [7, 11) is 1.36. The molecule has 0 aliphatic carbocycles. The van der Waals surface area contributed by atoms with Crippen molar-refractivity contribution in [3.8, 4) is 5.75 Å². The van der Waals surface area contributed by atoms with Gasteiger partial charge in [-0.2, -0.15) is 0 Å². The molecule has 0 heterocycles. The molecule has 0 atom stereocenters. The molecule has 1 aromatic carbocycles. The standard InChI is InChI=1S/C13H18O4/c1-13(2,12(15)16-3)9-17-11-6-4-10(8-14)5-7-11/h4-7,14H,8-9H2,1-3H3. The quantitative estimate of drug-likeness (QED) is 0.794. The third-order valence-corrected chi connectivity index (χ3v) is 2.44. The topological polar surface area (TPSA) is 55.8 Å². The van der Waals surface area contributed by atoms with E-state index >= 15 is 0 Å². The first-order valence-corrected chi connectivity index (χ1v) is 5.40. The largest absolute Gasteiger partial charge is 0.492 e. The molecule has 4 nitrogen and oxygen atoms in total. The van der Waals surface area contributed by atoms with Gasteiger partial charge in [0, 0.05) is 0 Å². The Bertz CT molecular complexity index is 368. The van der Waals surface area contributed by atoms with Gasteiger partial charge < -0.3 is 14.6 Å².